The standard InChI is InChI=1S/C27H30N6O2S/c34-27(35,32-12-14-36-15-13-32)21-6-4-19(5-7-21)23-2-1-3-24-26(23)31-25(17-29-24)20-16-30-33(18-20)22-8-10-28-11-9-22/h1-7,16-18,22,28,34-35H,8-15H2. The summed E-state index contributed by atoms with van der Waals surface area (Å²) in [5.74, 6) is -0.177. The second kappa shape index (κ2) is 9.91. The molecule has 9 heteroatoms. The number of fused-ring (bicyclic) bond motifs is 1. The second-order valence-electron chi connectivity index (χ2n) is 9.43. The number of piperidine rings is 1. The van der Waals surface area contributed by atoms with Crippen molar-refractivity contribution in [3.8, 4) is 22.4 Å². The third-order valence-electron chi connectivity index (χ3n) is 7.19. The summed E-state index contributed by atoms with van der Waals surface area (Å²) in [6.45, 7) is 3.33. The number of aromatic nitrogens is 4. The van der Waals surface area contributed by atoms with Gasteiger partial charge in [0.2, 0.25) is 0 Å². The zero-order chi connectivity index (χ0) is 24.5. The number of para-hydroxylation sites is 1. The highest BCUT2D eigenvalue weighted by Gasteiger charge is 2.34. The van der Waals surface area contributed by atoms with E-state index in [-0.39, 0.29) is 0 Å². The van der Waals surface area contributed by atoms with Crippen LogP contribution >= 0.6 is 11.8 Å². The fourth-order valence-corrected chi connectivity index (χ4v) is 5.98. The minimum atomic E-state index is -1.97. The van der Waals surface area contributed by atoms with Gasteiger partial charge in [-0.25, -0.2) is 9.88 Å². The molecule has 3 N–H and O–H groups in total. The van der Waals surface area contributed by atoms with Crippen molar-refractivity contribution in [3.05, 3.63) is 66.6 Å². The molecule has 4 aromatic rings. The van der Waals surface area contributed by atoms with Crippen molar-refractivity contribution in [1.82, 2.24) is 30.0 Å². The molecule has 0 aliphatic carbocycles. The summed E-state index contributed by atoms with van der Waals surface area (Å²) < 4.78 is 2.06. The first kappa shape index (κ1) is 23.6. The Hall–Kier alpha value is -2.82. The maximum Gasteiger partial charge on any atom is 0.253 e. The molecule has 0 spiro atoms. The predicted octanol–water partition coefficient (Wildman–Crippen LogP) is 3.23. The number of hydrogen-bond donors (Lipinski definition) is 3. The summed E-state index contributed by atoms with van der Waals surface area (Å²) in [5.41, 5.74) is 5.74. The molecule has 2 aliphatic heterocycles. The van der Waals surface area contributed by atoms with Crippen LogP contribution in [0.15, 0.2) is 61.1 Å². The number of hydrogen-bond acceptors (Lipinski definition) is 8. The summed E-state index contributed by atoms with van der Waals surface area (Å²) >= 11 is 1.83. The van der Waals surface area contributed by atoms with E-state index in [1.807, 2.05) is 54.5 Å². The molecule has 0 bridgehead atoms. The lowest BCUT2D eigenvalue weighted by atomic mass is 10.0. The first-order valence-corrected chi connectivity index (χ1v) is 13.6. The Kier molecular flexibility index (Phi) is 6.49. The fraction of sp³-hybridized carbons (Fsp3) is 0.370. The zero-order valence-electron chi connectivity index (χ0n) is 20.0. The van der Waals surface area contributed by atoms with Crippen molar-refractivity contribution >= 4 is 22.8 Å². The summed E-state index contributed by atoms with van der Waals surface area (Å²) in [6, 6.07) is 13.8. The molecule has 2 saturated heterocycles. The van der Waals surface area contributed by atoms with Gasteiger partial charge in [-0.1, -0.05) is 36.4 Å². The number of nitrogens with zero attached hydrogens (tertiary/aromatic N) is 5. The number of benzene rings is 2. The minimum absolute atomic E-state index is 0.413. The molecular weight excluding hydrogens is 472 g/mol. The third-order valence-corrected chi connectivity index (χ3v) is 8.13. The molecule has 2 fully saturated rings. The Bertz CT molecular complexity index is 1340. The lowest BCUT2D eigenvalue weighted by Gasteiger charge is -2.37. The van der Waals surface area contributed by atoms with E-state index in [4.69, 9.17) is 4.98 Å². The van der Waals surface area contributed by atoms with Crippen LogP contribution in [-0.4, -0.2) is 72.5 Å². The van der Waals surface area contributed by atoms with Gasteiger partial charge < -0.3 is 15.5 Å². The van der Waals surface area contributed by atoms with Crippen molar-refractivity contribution in [3.63, 3.8) is 0 Å². The average molecular weight is 503 g/mol. The maximum atomic E-state index is 10.8. The monoisotopic (exact) mass is 502 g/mol. The summed E-state index contributed by atoms with van der Waals surface area (Å²) in [7, 11) is 0. The van der Waals surface area contributed by atoms with E-state index in [9.17, 15) is 10.2 Å². The lowest BCUT2D eigenvalue weighted by molar-refractivity contribution is -0.273. The van der Waals surface area contributed by atoms with Crippen molar-refractivity contribution in [2.45, 2.75) is 24.8 Å². The maximum absolute atomic E-state index is 10.8. The first-order valence-electron chi connectivity index (χ1n) is 12.5. The van der Waals surface area contributed by atoms with Gasteiger partial charge in [-0.2, -0.15) is 16.9 Å². The van der Waals surface area contributed by atoms with Crippen LogP contribution in [0.3, 0.4) is 0 Å². The van der Waals surface area contributed by atoms with E-state index in [0.717, 1.165) is 70.9 Å². The quantitative estimate of drug-likeness (QED) is 0.358. The molecule has 186 valence electrons. The van der Waals surface area contributed by atoms with Crippen molar-refractivity contribution in [2.75, 3.05) is 37.7 Å². The van der Waals surface area contributed by atoms with Crippen molar-refractivity contribution < 1.29 is 10.2 Å². The van der Waals surface area contributed by atoms with Gasteiger partial charge in [0, 0.05) is 47.5 Å². The molecule has 2 aromatic heterocycles. The van der Waals surface area contributed by atoms with Crippen LogP contribution in [0.4, 0.5) is 0 Å². The highest BCUT2D eigenvalue weighted by Crippen LogP contribution is 2.32. The van der Waals surface area contributed by atoms with Crippen LogP contribution in [0, 0.1) is 0 Å². The molecule has 36 heavy (non-hydrogen) atoms. The normalized spacial score (nSPS) is 18.1. The largest absolute Gasteiger partial charge is 0.349 e. The van der Waals surface area contributed by atoms with Crippen molar-refractivity contribution in [2.24, 2.45) is 0 Å². The molecule has 2 aromatic carbocycles. The van der Waals surface area contributed by atoms with Crippen LogP contribution < -0.4 is 5.32 Å². The molecule has 0 amide bonds. The Balaban J connectivity index is 1.31. The van der Waals surface area contributed by atoms with Gasteiger partial charge in [0.05, 0.1) is 35.2 Å². The van der Waals surface area contributed by atoms with Gasteiger partial charge in [0.1, 0.15) is 0 Å². The topological polar surface area (TPSA) is 99.3 Å². The van der Waals surface area contributed by atoms with Crippen LogP contribution in [0.2, 0.25) is 0 Å². The third kappa shape index (κ3) is 4.53. The fourth-order valence-electron chi connectivity index (χ4n) is 5.08. The average Bonchev–Trinajstić information content (AvgIpc) is 3.44. The molecule has 0 saturated carbocycles. The predicted molar refractivity (Wildman–Crippen MR) is 142 cm³/mol. The van der Waals surface area contributed by atoms with Crippen LogP contribution in [-0.2, 0) is 5.91 Å². The number of nitrogens with one attached hydrogen (secondary N) is 1. The van der Waals surface area contributed by atoms with Gasteiger partial charge in [0.25, 0.3) is 5.91 Å². The summed E-state index contributed by atoms with van der Waals surface area (Å²) in [5, 5.41) is 29.7. The van der Waals surface area contributed by atoms with Crippen molar-refractivity contribution in [1.29, 1.82) is 0 Å². The van der Waals surface area contributed by atoms with E-state index in [1.54, 1.807) is 17.0 Å². The lowest BCUT2D eigenvalue weighted by Crippen LogP contribution is -2.49. The smallest absolute Gasteiger partial charge is 0.253 e. The first-order chi connectivity index (χ1) is 17.6. The van der Waals surface area contributed by atoms with E-state index in [0.29, 0.717) is 24.7 Å². The molecule has 4 heterocycles. The van der Waals surface area contributed by atoms with Gasteiger partial charge in [-0.05, 0) is 37.6 Å². The molecule has 8 nitrogen and oxygen atoms in total. The Labute approximate surface area is 214 Å². The van der Waals surface area contributed by atoms with Crippen LogP contribution in [0.25, 0.3) is 33.4 Å². The van der Waals surface area contributed by atoms with Crippen LogP contribution in [0.5, 0.6) is 0 Å². The second-order valence-corrected chi connectivity index (χ2v) is 10.7. The Morgan fingerprint density at radius 3 is 2.50 bits per heavy atom. The SMILES string of the molecule is OC(O)(c1ccc(-c2cccc3ncc(-c4cnn(C5CCNCC5)c4)nc23)cc1)N1CCSCC1. The summed E-state index contributed by atoms with van der Waals surface area (Å²) in [6.07, 6.45) is 7.90. The van der Waals surface area contributed by atoms with Crippen LogP contribution in [0.1, 0.15) is 24.4 Å². The Morgan fingerprint density at radius 2 is 1.72 bits per heavy atom. The highest BCUT2D eigenvalue weighted by atomic mass is 32.2. The molecular formula is C27H30N6O2S. The summed E-state index contributed by atoms with van der Waals surface area (Å²) in [4.78, 5) is 11.4. The zero-order valence-corrected chi connectivity index (χ0v) is 20.9. The van der Waals surface area contributed by atoms with E-state index in [1.165, 1.54) is 0 Å². The van der Waals surface area contributed by atoms with E-state index in [2.05, 4.69) is 26.3 Å². The van der Waals surface area contributed by atoms with Gasteiger partial charge in [0.15, 0.2) is 0 Å². The molecule has 6 rings (SSSR count). The van der Waals surface area contributed by atoms with E-state index < -0.39 is 5.91 Å². The molecule has 0 atom stereocenters. The number of rotatable bonds is 5. The van der Waals surface area contributed by atoms with Gasteiger partial charge >= 0.3 is 0 Å². The minimum Gasteiger partial charge on any atom is -0.349 e. The Morgan fingerprint density at radius 1 is 0.944 bits per heavy atom. The van der Waals surface area contributed by atoms with Gasteiger partial charge in [-0.15, -0.1) is 0 Å². The number of thioether (sulfide) groups is 1. The molecule has 2 aliphatic rings. The highest BCUT2D eigenvalue weighted by molar-refractivity contribution is 7.99. The molecule has 0 unspecified atom stereocenters. The van der Waals surface area contributed by atoms with E-state index >= 15 is 0 Å². The number of aliphatic hydroxyl groups is 2. The van der Waals surface area contributed by atoms with Gasteiger partial charge in [-0.3, -0.25) is 9.67 Å². The molecule has 0 radical (unpaired) electrons.